The lowest BCUT2D eigenvalue weighted by atomic mass is 10.1. The lowest BCUT2D eigenvalue weighted by Gasteiger charge is -2.05. The molecule has 0 atom stereocenters. The quantitative estimate of drug-likeness (QED) is 0.774. The third-order valence-corrected chi connectivity index (χ3v) is 2.33. The highest BCUT2D eigenvalue weighted by Gasteiger charge is 1.98. The van der Waals surface area contributed by atoms with Gasteiger partial charge in [-0.3, -0.25) is 4.79 Å². The van der Waals surface area contributed by atoms with Crippen LogP contribution in [0, 0.1) is 0 Å². The predicted molar refractivity (Wildman–Crippen MR) is 65.0 cm³/mol. The molecule has 0 fully saturated rings. The lowest BCUT2D eigenvalue weighted by molar-refractivity contribution is -0.118. The van der Waals surface area contributed by atoms with Gasteiger partial charge >= 0.3 is 0 Å². The van der Waals surface area contributed by atoms with Crippen LogP contribution in [0.4, 0.5) is 0 Å². The fourth-order valence-corrected chi connectivity index (χ4v) is 1.41. The Balaban J connectivity index is 2.34. The van der Waals surface area contributed by atoms with Crippen molar-refractivity contribution < 1.29 is 9.53 Å². The summed E-state index contributed by atoms with van der Waals surface area (Å²) in [6, 6.07) is 7.86. The third kappa shape index (κ3) is 4.53. The average Bonchev–Trinajstić information content (AvgIpc) is 2.31. The Labute approximate surface area is 101 Å². The van der Waals surface area contributed by atoms with Crippen molar-refractivity contribution in [2.75, 3.05) is 19.0 Å². The van der Waals surface area contributed by atoms with Crippen molar-refractivity contribution in [3.05, 3.63) is 29.8 Å². The Hall–Kier alpha value is -1.22. The predicted octanol–water partition coefficient (Wildman–Crippen LogP) is 1.98. The van der Waals surface area contributed by atoms with E-state index in [1.807, 2.05) is 31.2 Å². The maximum absolute atomic E-state index is 10.9. The van der Waals surface area contributed by atoms with Crippen LogP contribution in [0.2, 0.25) is 0 Å². The lowest BCUT2D eigenvalue weighted by Crippen LogP contribution is -2.26. The summed E-state index contributed by atoms with van der Waals surface area (Å²) < 4.78 is 5.33. The van der Waals surface area contributed by atoms with E-state index in [9.17, 15) is 4.79 Å². The summed E-state index contributed by atoms with van der Waals surface area (Å²) in [5.41, 5.74) is 1.17. The van der Waals surface area contributed by atoms with Gasteiger partial charge in [0.25, 0.3) is 0 Å². The van der Waals surface area contributed by atoms with Crippen molar-refractivity contribution in [3.63, 3.8) is 0 Å². The molecule has 0 bridgehead atoms. The van der Waals surface area contributed by atoms with Crippen LogP contribution in [0.15, 0.2) is 24.3 Å². The van der Waals surface area contributed by atoms with Crippen molar-refractivity contribution in [1.29, 1.82) is 0 Å². The van der Waals surface area contributed by atoms with E-state index in [0.717, 1.165) is 12.2 Å². The summed E-state index contributed by atoms with van der Waals surface area (Å²) in [5.74, 6) is 0.757. The average molecular weight is 242 g/mol. The number of ether oxygens (including phenoxy) is 1. The highest BCUT2D eigenvalue weighted by Crippen LogP contribution is 2.12. The largest absolute Gasteiger partial charge is 0.494 e. The summed E-state index contributed by atoms with van der Waals surface area (Å²) in [4.78, 5) is 10.9. The van der Waals surface area contributed by atoms with Gasteiger partial charge in [0.15, 0.2) is 0 Å². The van der Waals surface area contributed by atoms with Crippen molar-refractivity contribution in [1.82, 2.24) is 5.32 Å². The molecule has 1 N–H and O–H groups in total. The number of carbonyl (C=O) groups excluding carboxylic acids is 1. The van der Waals surface area contributed by atoms with E-state index < -0.39 is 0 Å². The first-order valence-corrected chi connectivity index (χ1v) is 5.84. The van der Waals surface area contributed by atoms with Crippen LogP contribution < -0.4 is 10.1 Å². The molecule has 16 heavy (non-hydrogen) atoms. The second-order valence-corrected chi connectivity index (χ2v) is 3.58. The molecule has 3 nitrogen and oxygen atoms in total. The molecule has 4 heteroatoms. The summed E-state index contributed by atoms with van der Waals surface area (Å²) >= 11 is 5.36. The molecule has 1 rings (SSSR count). The van der Waals surface area contributed by atoms with Gasteiger partial charge in [0, 0.05) is 6.54 Å². The standard InChI is InChI=1S/C12H16ClNO2/c1-2-16-11-5-3-10(4-6-11)7-8-14-12(15)9-13/h3-6H,2,7-9H2,1H3,(H,14,15). The number of benzene rings is 1. The third-order valence-electron chi connectivity index (χ3n) is 2.09. The number of alkyl halides is 1. The highest BCUT2D eigenvalue weighted by atomic mass is 35.5. The molecule has 0 saturated carbocycles. The van der Waals surface area contributed by atoms with Gasteiger partial charge in [-0.15, -0.1) is 11.6 Å². The minimum absolute atomic E-state index is 0.0171. The number of nitrogens with one attached hydrogen (secondary N) is 1. The number of hydrogen-bond acceptors (Lipinski definition) is 2. The molecule has 1 aromatic carbocycles. The Bertz CT molecular complexity index is 324. The second-order valence-electron chi connectivity index (χ2n) is 3.31. The van der Waals surface area contributed by atoms with E-state index in [4.69, 9.17) is 16.3 Å². The van der Waals surface area contributed by atoms with Crippen molar-refractivity contribution in [2.45, 2.75) is 13.3 Å². The van der Waals surface area contributed by atoms with E-state index in [0.29, 0.717) is 13.2 Å². The summed E-state index contributed by atoms with van der Waals surface area (Å²) in [7, 11) is 0. The zero-order chi connectivity index (χ0) is 11.8. The Morgan fingerprint density at radius 3 is 2.62 bits per heavy atom. The van der Waals surface area contributed by atoms with Crippen molar-refractivity contribution in [2.24, 2.45) is 0 Å². The summed E-state index contributed by atoms with van der Waals surface area (Å²) in [6.45, 7) is 3.24. The van der Waals surface area contributed by atoms with Crippen LogP contribution in [0.5, 0.6) is 5.75 Å². The molecule has 0 saturated heterocycles. The summed E-state index contributed by atoms with van der Waals surface area (Å²) in [5, 5.41) is 2.72. The SMILES string of the molecule is CCOc1ccc(CCNC(=O)CCl)cc1. The van der Waals surface area contributed by atoms with E-state index in [1.165, 1.54) is 5.56 Å². The number of carbonyl (C=O) groups is 1. The molecule has 1 aromatic rings. The van der Waals surface area contributed by atoms with Crippen LogP contribution in [0.1, 0.15) is 12.5 Å². The Kier molecular flexibility index (Phi) is 5.72. The fraction of sp³-hybridized carbons (Fsp3) is 0.417. The highest BCUT2D eigenvalue weighted by molar-refractivity contribution is 6.27. The number of halogens is 1. The van der Waals surface area contributed by atoms with Crippen LogP contribution in [0.3, 0.4) is 0 Å². The van der Waals surface area contributed by atoms with E-state index in [2.05, 4.69) is 5.32 Å². The number of hydrogen-bond donors (Lipinski definition) is 1. The van der Waals surface area contributed by atoms with Crippen LogP contribution in [-0.2, 0) is 11.2 Å². The molecule has 0 unspecified atom stereocenters. The molecule has 0 heterocycles. The molecule has 1 amide bonds. The van der Waals surface area contributed by atoms with Gasteiger partial charge in [0.05, 0.1) is 6.61 Å². The summed E-state index contributed by atoms with van der Waals surface area (Å²) in [6.07, 6.45) is 0.801. The van der Waals surface area contributed by atoms with Gasteiger partial charge in [-0.1, -0.05) is 12.1 Å². The molecular formula is C12H16ClNO2. The first-order chi connectivity index (χ1) is 7.76. The minimum Gasteiger partial charge on any atom is -0.494 e. The zero-order valence-corrected chi connectivity index (χ0v) is 10.1. The van der Waals surface area contributed by atoms with Crippen LogP contribution in [-0.4, -0.2) is 24.9 Å². The zero-order valence-electron chi connectivity index (χ0n) is 9.33. The molecule has 0 radical (unpaired) electrons. The topological polar surface area (TPSA) is 38.3 Å². The monoisotopic (exact) mass is 241 g/mol. The smallest absolute Gasteiger partial charge is 0.234 e. The van der Waals surface area contributed by atoms with Crippen molar-refractivity contribution >= 4 is 17.5 Å². The second kappa shape index (κ2) is 7.12. The van der Waals surface area contributed by atoms with Gasteiger partial charge in [0.1, 0.15) is 11.6 Å². The van der Waals surface area contributed by atoms with E-state index >= 15 is 0 Å². The van der Waals surface area contributed by atoms with Gasteiger partial charge in [-0.05, 0) is 31.0 Å². The maximum atomic E-state index is 10.9. The maximum Gasteiger partial charge on any atom is 0.234 e. The minimum atomic E-state index is -0.132. The van der Waals surface area contributed by atoms with Crippen LogP contribution >= 0.6 is 11.6 Å². The van der Waals surface area contributed by atoms with Gasteiger partial charge in [-0.25, -0.2) is 0 Å². The molecule has 0 aliphatic carbocycles. The molecular weight excluding hydrogens is 226 g/mol. The van der Waals surface area contributed by atoms with E-state index in [-0.39, 0.29) is 11.8 Å². The molecule has 0 spiro atoms. The van der Waals surface area contributed by atoms with Gasteiger partial charge in [-0.2, -0.15) is 0 Å². The fourth-order valence-electron chi connectivity index (χ4n) is 1.31. The van der Waals surface area contributed by atoms with Gasteiger partial charge < -0.3 is 10.1 Å². The molecule has 0 aliphatic rings. The molecule has 0 aliphatic heterocycles. The first kappa shape index (κ1) is 12.8. The van der Waals surface area contributed by atoms with Gasteiger partial charge in [0.2, 0.25) is 5.91 Å². The number of rotatable bonds is 6. The van der Waals surface area contributed by atoms with Crippen LogP contribution in [0.25, 0.3) is 0 Å². The normalized spacial score (nSPS) is 9.88. The first-order valence-electron chi connectivity index (χ1n) is 5.30. The van der Waals surface area contributed by atoms with Crippen molar-refractivity contribution in [3.8, 4) is 5.75 Å². The molecule has 88 valence electrons. The molecule has 0 aromatic heterocycles. The Morgan fingerprint density at radius 1 is 1.38 bits per heavy atom. The van der Waals surface area contributed by atoms with E-state index in [1.54, 1.807) is 0 Å². The Morgan fingerprint density at radius 2 is 2.06 bits per heavy atom. The number of amides is 1.